The Morgan fingerprint density at radius 1 is 1.45 bits per heavy atom. The Kier molecular flexibility index (Phi) is 3.74. The van der Waals surface area contributed by atoms with Crippen LogP contribution in [0.4, 0.5) is 0 Å². The molecule has 1 saturated heterocycles. The molecule has 2 fully saturated rings. The van der Waals surface area contributed by atoms with E-state index in [-0.39, 0.29) is 17.3 Å². The van der Waals surface area contributed by atoms with Crippen LogP contribution in [-0.2, 0) is 4.74 Å². The summed E-state index contributed by atoms with van der Waals surface area (Å²) in [5, 5.41) is 0.584. The second-order valence-electron chi connectivity index (χ2n) is 5.78. The van der Waals surface area contributed by atoms with Gasteiger partial charge in [0, 0.05) is 17.5 Å². The van der Waals surface area contributed by atoms with Crippen molar-refractivity contribution in [1.82, 2.24) is 0 Å². The molecule has 1 saturated carbocycles. The molecule has 1 aromatic carbocycles. The lowest BCUT2D eigenvalue weighted by Gasteiger charge is -2.46. The van der Waals surface area contributed by atoms with E-state index in [0.717, 1.165) is 25.7 Å². The largest absolute Gasteiger partial charge is 0.496 e. The van der Waals surface area contributed by atoms with Crippen LogP contribution in [0.25, 0.3) is 0 Å². The maximum Gasteiger partial charge on any atom is 0.169 e. The van der Waals surface area contributed by atoms with Gasteiger partial charge in [0.15, 0.2) is 5.78 Å². The molecule has 1 aliphatic heterocycles. The van der Waals surface area contributed by atoms with E-state index in [2.05, 4.69) is 0 Å². The summed E-state index contributed by atoms with van der Waals surface area (Å²) in [6, 6.07) is 5.22. The summed E-state index contributed by atoms with van der Waals surface area (Å²) >= 11 is 5.95. The summed E-state index contributed by atoms with van der Waals surface area (Å²) in [5.74, 6) is 0.767. The molecule has 4 heteroatoms. The van der Waals surface area contributed by atoms with Crippen molar-refractivity contribution in [3.05, 3.63) is 28.8 Å². The molecule has 1 spiro atoms. The van der Waals surface area contributed by atoms with E-state index in [1.54, 1.807) is 25.3 Å². The van der Waals surface area contributed by atoms with Crippen LogP contribution < -0.4 is 4.74 Å². The minimum absolute atomic E-state index is 0.0156. The first-order chi connectivity index (χ1) is 9.63. The quantitative estimate of drug-likeness (QED) is 0.794. The maximum absolute atomic E-state index is 12.7. The number of hydrogen-bond acceptors (Lipinski definition) is 3. The van der Waals surface area contributed by atoms with E-state index in [4.69, 9.17) is 21.1 Å². The molecule has 0 bridgehead atoms. The first kappa shape index (κ1) is 13.9. The number of carbonyl (C=O) groups is 1. The third kappa shape index (κ3) is 2.45. The Bertz CT molecular complexity index is 522. The molecule has 1 aliphatic carbocycles. The highest BCUT2D eigenvalue weighted by molar-refractivity contribution is 6.30. The van der Waals surface area contributed by atoms with E-state index >= 15 is 0 Å². The molecule has 1 aromatic rings. The van der Waals surface area contributed by atoms with Crippen LogP contribution in [0.5, 0.6) is 5.75 Å². The third-order valence-corrected chi connectivity index (χ3v) is 4.79. The lowest BCUT2D eigenvalue weighted by molar-refractivity contribution is -0.137. The first-order valence-electron chi connectivity index (χ1n) is 7.15. The van der Waals surface area contributed by atoms with Gasteiger partial charge in [-0.25, -0.2) is 0 Å². The molecular formula is C16H19ClO3. The number of ketones is 1. The third-order valence-electron chi connectivity index (χ3n) is 4.56. The highest BCUT2D eigenvalue weighted by Gasteiger charge is 2.44. The van der Waals surface area contributed by atoms with Crippen molar-refractivity contribution in [2.24, 2.45) is 5.92 Å². The van der Waals surface area contributed by atoms with Crippen molar-refractivity contribution < 1.29 is 14.3 Å². The molecule has 2 aliphatic rings. The number of benzene rings is 1. The number of ether oxygens (including phenoxy) is 2. The summed E-state index contributed by atoms with van der Waals surface area (Å²) in [7, 11) is 1.57. The van der Waals surface area contributed by atoms with E-state index < -0.39 is 0 Å². The number of rotatable bonds is 3. The Balaban J connectivity index is 1.81. The summed E-state index contributed by atoms with van der Waals surface area (Å²) in [4.78, 5) is 12.7. The zero-order chi connectivity index (χ0) is 14.2. The lowest BCUT2D eigenvalue weighted by Crippen LogP contribution is -2.47. The van der Waals surface area contributed by atoms with E-state index in [1.807, 2.05) is 0 Å². The maximum atomic E-state index is 12.7. The van der Waals surface area contributed by atoms with Crippen LogP contribution in [0.1, 0.15) is 42.5 Å². The van der Waals surface area contributed by atoms with Gasteiger partial charge in [-0.15, -0.1) is 0 Å². The SMILES string of the molecule is COc1cc(Cl)ccc1C(=O)C1CCOC2(CCC2)C1. The molecule has 0 radical (unpaired) electrons. The van der Waals surface area contributed by atoms with Gasteiger partial charge in [0.05, 0.1) is 18.3 Å². The molecule has 0 N–H and O–H groups in total. The monoisotopic (exact) mass is 294 g/mol. The van der Waals surface area contributed by atoms with E-state index in [9.17, 15) is 4.79 Å². The van der Waals surface area contributed by atoms with E-state index in [0.29, 0.717) is 22.9 Å². The van der Waals surface area contributed by atoms with Crippen LogP contribution in [0.2, 0.25) is 5.02 Å². The van der Waals surface area contributed by atoms with Crippen LogP contribution in [-0.4, -0.2) is 25.1 Å². The van der Waals surface area contributed by atoms with Gasteiger partial charge in [-0.05, 0) is 50.3 Å². The van der Waals surface area contributed by atoms with Crippen LogP contribution in [0, 0.1) is 5.92 Å². The van der Waals surface area contributed by atoms with Crippen molar-refractivity contribution in [2.75, 3.05) is 13.7 Å². The van der Waals surface area contributed by atoms with Gasteiger partial charge in [0.1, 0.15) is 5.75 Å². The van der Waals surface area contributed by atoms with Crippen molar-refractivity contribution in [3.63, 3.8) is 0 Å². The Morgan fingerprint density at radius 2 is 2.25 bits per heavy atom. The number of hydrogen-bond donors (Lipinski definition) is 0. The Morgan fingerprint density at radius 3 is 2.90 bits per heavy atom. The molecule has 1 unspecified atom stereocenters. The van der Waals surface area contributed by atoms with Gasteiger partial charge < -0.3 is 9.47 Å². The molecule has 3 nitrogen and oxygen atoms in total. The summed E-state index contributed by atoms with van der Waals surface area (Å²) in [6.45, 7) is 0.687. The number of methoxy groups -OCH3 is 1. The minimum Gasteiger partial charge on any atom is -0.496 e. The van der Waals surface area contributed by atoms with Gasteiger partial charge in [0.25, 0.3) is 0 Å². The second-order valence-corrected chi connectivity index (χ2v) is 6.22. The minimum atomic E-state index is -0.0156. The zero-order valence-corrected chi connectivity index (χ0v) is 12.4. The van der Waals surface area contributed by atoms with Gasteiger partial charge >= 0.3 is 0 Å². The predicted octanol–water partition coefficient (Wildman–Crippen LogP) is 3.88. The normalized spacial score (nSPS) is 24.2. The second kappa shape index (κ2) is 5.38. The molecule has 0 aromatic heterocycles. The van der Waals surface area contributed by atoms with Crippen molar-refractivity contribution in [2.45, 2.75) is 37.7 Å². The Labute approximate surface area is 124 Å². The van der Waals surface area contributed by atoms with Crippen LogP contribution in [0.3, 0.4) is 0 Å². The van der Waals surface area contributed by atoms with Crippen molar-refractivity contribution >= 4 is 17.4 Å². The first-order valence-corrected chi connectivity index (χ1v) is 7.53. The van der Waals surface area contributed by atoms with Gasteiger partial charge in [0.2, 0.25) is 0 Å². The van der Waals surface area contributed by atoms with Gasteiger partial charge in [-0.1, -0.05) is 11.6 Å². The molecule has 3 rings (SSSR count). The number of Topliss-reactive ketones (excluding diaryl/α,β-unsaturated/α-hetero) is 1. The van der Waals surface area contributed by atoms with Gasteiger partial charge in [-0.2, -0.15) is 0 Å². The fraction of sp³-hybridized carbons (Fsp3) is 0.562. The number of halogens is 1. The fourth-order valence-corrected chi connectivity index (χ4v) is 3.42. The van der Waals surface area contributed by atoms with Crippen LogP contribution in [0.15, 0.2) is 18.2 Å². The summed E-state index contributed by atoms with van der Waals surface area (Å²) in [5.41, 5.74) is 0.622. The van der Waals surface area contributed by atoms with Crippen molar-refractivity contribution in [1.29, 1.82) is 0 Å². The lowest BCUT2D eigenvalue weighted by atomic mass is 9.70. The zero-order valence-electron chi connectivity index (χ0n) is 11.7. The molecular weight excluding hydrogens is 276 g/mol. The standard InChI is InChI=1S/C16H19ClO3/c1-19-14-9-12(17)3-4-13(14)15(18)11-5-8-20-16(10-11)6-2-7-16/h3-4,9,11H,2,5-8,10H2,1H3. The number of carbonyl (C=O) groups excluding carboxylic acids is 1. The highest BCUT2D eigenvalue weighted by Crippen LogP contribution is 2.45. The Hall–Kier alpha value is -1.06. The molecule has 108 valence electrons. The van der Waals surface area contributed by atoms with Gasteiger partial charge in [-0.3, -0.25) is 4.79 Å². The summed E-state index contributed by atoms with van der Waals surface area (Å²) < 4.78 is 11.2. The predicted molar refractivity (Wildman–Crippen MR) is 77.6 cm³/mol. The fourth-order valence-electron chi connectivity index (χ4n) is 3.26. The smallest absolute Gasteiger partial charge is 0.169 e. The highest BCUT2D eigenvalue weighted by atomic mass is 35.5. The van der Waals surface area contributed by atoms with Crippen LogP contribution >= 0.6 is 11.6 Å². The van der Waals surface area contributed by atoms with E-state index in [1.165, 1.54) is 6.42 Å². The average molecular weight is 295 g/mol. The summed E-state index contributed by atoms with van der Waals surface area (Å²) in [6.07, 6.45) is 5.04. The van der Waals surface area contributed by atoms with Crippen molar-refractivity contribution in [3.8, 4) is 5.75 Å². The molecule has 1 heterocycles. The molecule has 20 heavy (non-hydrogen) atoms. The molecule has 1 atom stereocenters. The average Bonchev–Trinajstić information content (AvgIpc) is 2.45. The molecule has 0 amide bonds. The topological polar surface area (TPSA) is 35.5 Å².